The molecule has 10 rings (SSSR count). The summed E-state index contributed by atoms with van der Waals surface area (Å²) in [4.78, 5) is 78.5. The zero-order valence-electron chi connectivity index (χ0n) is 58.8. The fourth-order valence-corrected chi connectivity index (χ4v) is 19.4. The summed E-state index contributed by atoms with van der Waals surface area (Å²) in [7, 11) is 0. The quantitative estimate of drug-likeness (QED) is 0.0298. The average Bonchev–Trinajstić information content (AvgIpc) is 0.768. The number of nitrogens with zero attached hydrogens (tertiary/aromatic N) is 6. The predicted molar refractivity (Wildman–Crippen MR) is 411 cm³/mol. The molecule has 0 unspecified atom stereocenters. The van der Waals surface area contributed by atoms with Gasteiger partial charge in [-0.3, -0.25) is 60.7 Å². The van der Waals surface area contributed by atoms with Gasteiger partial charge in [0.2, 0.25) is 0 Å². The van der Waals surface area contributed by atoms with E-state index in [9.17, 15) is 60.7 Å². The first-order chi connectivity index (χ1) is 51.2. The van der Waals surface area contributed by atoms with Gasteiger partial charge < -0.3 is 37.9 Å². The molecule has 2 aliphatic heterocycles. The van der Waals surface area contributed by atoms with Gasteiger partial charge in [0.15, 0.2) is 34.5 Å². The van der Waals surface area contributed by atoms with Crippen LogP contribution >= 0.6 is 94.1 Å². The van der Waals surface area contributed by atoms with Crippen LogP contribution in [0.5, 0.6) is 46.0 Å². The molecule has 8 aromatic rings. The fraction of sp³-hybridized carbons (Fsp3) is 0.333. The highest BCUT2D eigenvalue weighted by atomic mass is 32.2. The van der Waals surface area contributed by atoms with Gasteiger partial charge >= 0.3 is 0 Å². The van der Waals surface area contributed by atoms with Crippen LogP contribution in [0, 0.1) is 60.7 Å². The van der Waals surface area contributed by atoms with Crippen LogP contribution in [0.15, 0.2) is 188 Å². The zero-order chi connectivity index (χ0) is 76.1. The van der Waals surface area contributed by atoms with Gasteiger partial charge in [-0.1, -0.05) is 162 Å². The molecule has 16 bridgehead atoms. The minimum atomic E-state index is -0.580. The second-order valence-electron chi connectivity index (χ2n) is 22.8. The molecule has 0 radical (unpaired) electrons. The van der Waals surface area contributed by atoms with Crippen LogP contribution in [0.25, 0.3) is 0 Å². The Hall–Kier alpha value is -8.64. The van der Waals surface area contributed by atoms with Gasteiger partial charge in [-0.25, -0.2) is 0 Å². The number of fused-ring (bicyclic) bond motifs is 16. The Morgan fingerprint density at radius 1 is 0.217 bits per heavy atom. The van der Waals surface area contributed by atoms with E-state index in [-0.39, 0.29) is 138 Å². The van der Waals surface area contributed by atoms with Gasteiger partial charge in [0.25, 0.3) is 34.1 Å². The van der Waals surface area contributed by atoms with Crippen molar-refractivity contribution in [2.24, 2.45) is 0 Å². The van der Waals surface area contributed by atoms with Gasteiger partial charge in [-0.15, -0.1) is 0 Å². The smallest absolute Gasteiger partial charge is 0.287 e. The van der Waals surface area contributed by atoms with Crippen LogP contribution in [0.4, 0.5) is 34.1 Å². The molecule has 0 atom stereocenters. The molecule has 0 saturated carbocycles. The van der Waals surface area contributed by atoms with E-state index in [1.165, 1.54) is 95.6 Å². The molecule has 560 valence electrons. The first kappa shape index (κ1) is 81.4. The maximum Gasteiger partial charge on any atom is 0.287 e. The summed E-state index contributed by atoms with van der Waals surface area (Å²) in [5, 5.41) is 75.6. The largest absolute Gasteiger partial charge is 0.491 e. The van der Waals surface area contributed by atoms with E-state index in [4.69, 9.17) is 37.9 Å². The highest BCUT2D eigenvalue weighted by Crippen LogP contribution is 2.61. The van der Waals surface area contributed by atoms with Crippen molar-refractivity contribution in [1.29, 1.82) is 0 Å². The van der Waals surface area contributed by atoms with Crippen LogP contribution in [-0.2, 0) is 0 Å². The van der Waals surface area contributed by atoms with E-state index in [2.05, 4.69) is 0 Å². The van der Waals surface area contributed by atoms with E-state index >= 15 is 0 Å². The van der Waals surface area contributed by atoms with Crippen LogP contribution < -0.4 is 37.9 Å². The molecule has 0 N–H and O–H groups in total. The molecular formula is C72H74N6O20S8. The Labute approximate surface area is 644 Å². The predicted octanol–water partition coefficient (Wildman–Crippen LogP) is 23.0. The van der Waals surface area contributed by atoms with Crippen molar-refractivity contribution < 1.29 is 67.4 Å². The lowest BCUT2D eigenvalue weighted by molar-refractivity contribution is -0.388. The van der Waals surface area contributed by atoms with Gasteiger partial charge in [0.05, 0.1) is 131 Å². The number of hydrogen-bond acceptors (Lipinski definition) is 28. The molecule has 2 aliphatic rings. The third-order valence-electron chi connectivity index (χ3n) is 14.7. The van der Waals surface area contributed by atoms with Crippen LogP contribution in [0.3, 0.4) is 0 Å². The van der Waals surface area contributed by atoms with Crippen molar-refractivity contribution in [2.45, 2.75) is 185 Å². The highest BCUT2D eigenvalue weighted by Gasteiger charge is 2.37. The van der Waals surface area contributed by atoms with Crippen LogP contribution in [0.2, 0.25) is 0 Å². The van der Waals surface area contributed by atoms with Crippen molar-refractivity contribution in [1.82, 2.24) is 0 Å². The molecule has 0 amide bonds. The highest BCUT2D eigenvalue weighted by molar-refractivity contribution is 8.02. The summed E-state index contributed by atoms with van der Waals surface area (Å²) in [6.45, 7) is 17.4. The van der Waals surface area contributed by atoms with Gasteiger partial charge in [-0.2, -0.15) is 0 Å². The van der Waals surface area contributed by atoms with E-state index in [0.717, 1.165) is 56.8 Å². The molecule has 0 aliphatic carbocycles. The Kier molecular flexibility index (Phi) is 30.2. The molecule has 0 saturated heterocycles. The van der Waals surface area contributed by atoms with Crippen molar-refractivity contribution >= 4 is 128 Å². The van der Waals surface area contributed by atoms with Gasteiger partial charge in [0.1, 0.15) is 40.9 Å². The number of rotatable bonds is 30. The summed E-state index contributed by atoms with van der Waals surface area (Å²) in [6, 6.07) is 28.8. The summed E-state index contributed by atoms with van der Waals surface area (Å²) in [5.74, 6) is 2.14. The first-order valence-corrected chi connectivity index (χ1v) is 40.4. The molecule has 0 fully saturated rings. The number of nitro benzene ring substituents is 6. The molecule has 34 heteroatoms. The second kappa shape index (κ2) is 39.3. The second-order valence-corrected chi connectivity index (χ2v) is 31.2. The average molecular weight is 1600 g/mol. The number of ether oxygens (including phenoxy) is 8. The minimum Gasteiger partial charge on any atom is -0.491 e. The first-order valence-electron chi connectivity index (χ1n) is 33.8. The van der Waals surface area contributed by atoms with Crippen molar-refractivity contribution in [3.8, 4) is 46.0 Å². The van der Waals surface area contributed by atoms with Crippen molar-refractivity contribution in [3.63, 3.8) is 0 Å². The van der Waals surface area contributed by atoms with Gasteiger partial charge in [0, 0.05) is 36.4 Å². The molecule has 26 nitrogen and oxygen atoms in total. The van der Waals surface area contributed by atoms with E-state index in [1.54, 1.807) is 24.3 Å². The molecule has 2 heterocycles. The standard InChI is InChI=1S/2C36H37N3O10S4/c2*1-5-18-46-30-25-10-9-11-26(30)51-28-16-13-23(38(42)43)35(32(28)48-20-7-3)53-36-24(39(44)45)14-17-29(33(36)49-21-8-4)52-34-22(37(40)41)12-15-27(50-25)31(34)47-19-6-2/h2*9-17H,5-8,18-21H2,1-4H3. The third kappa shape index (κ3) is 19.4. The maximum absolute atomic E-state index is 12.6. The Morgan fingerprint density at radius 2 is 0.368 bits per heavy atom. The lowest BCUT2D eigenvalue weighted by atomic mass is 10.3. The summed E-state index contributed by atoms with van der Waals surface area (Å²) in [5.41, 5.74) is -1.80. The summed E-state index contributed by atoms with van der Waals surface area (Å²) >= 11 is 8.82. The Balaban J connectivity index is 0.000000245. The maximum atomic E-state index is 12.6. The SMILES string of the molecule is CCCOc1c2cccc1Sc1ccc([N+](=O)[O-])c(c1OCCC)Sc1c([N+](=O)[O-])ccc(c1OCCC)Sc1c([N+](=O)[O-])ccc(c1OCCC)S2.CCCOc1c2cccc1Sc1ccc([N+](=O)[O-])c(c1OCCC)Sc1c([N+](=O)[O-])ccc(c1OCCC)Sc1c([N+](=O)[O-])ccc(c1OCCC)S2. The Morgan fingerprint density at radius 3 is 0.538 bits per heavy atom. The molecular weight excluding hydrogens is 1530 g/mol. The minimum absolute atomic E-state index is 0.00897. The van der Waals surface area contributed by atoms with Crippen LogP contribution in [0.1, 0.15) is 107 Å². The molecule has 8 aromatic carbocycles. The Bertz CT molecular complexity index is 4310. The molecule has 0 spiro atoms. The summed E-state index contributed by atoms with van der Waals surface area (Å²) < 4.78 is 50.3. The van der Waals surface area contributed by atoms with Gasteiger partial charge in [-0.05, 0) is 112 Å². The van der Waals surface area contributed by atoms with Crippen LogP contribution in [-0.4, -0.2) is 82.4 Å². The lowest BCUT2D eigenvalue weighted by Gasteiger charge is -2.21. The topological polar surface area (TPSA) is 333 Å². The monoisotopic (exact) mass is 1600 g/mol. The van der Waals surface area contributed by atoms with Crippen molar-refractivity contribution in [2.75, 3.05) is 52.9 Å². The molecule has 0 aromatic heterocycles. The number of nitro groups is 6. The number of benzene rings is 8. The number of hydrogen-bond donors (Lipinski definition) is 0. The van der Waals surface area contributed by atoms with E-state index in [0.29, 0.717) is 115 Å². The van der Waals surface area contributed by atoms with Crippen molar-refractivity contribution in [3.05, 3.63) is 170 Å². The zero-order valence-corrected chi connectivity index (χ0v) is 65.4. The third-order valence-corrected chi connectivity index (χ3v) is 23.7. The van der Waals surface area contributed by atoms with E-state index < -0.39 is 29.5 Å². The van der Waals surface area contributed by atoms with E-state index in [1.807, 2.05) is 91.8 Å². The molecule has 106 heavy (non-hydrogen) atoms. The number of para-hydroxylation sites is 2. The fourth-order valence-electron chi connectivity index (χ4n) is 10.1. The lowest BCUT2D eigenvalue weighted by Crippen LogP contribution is -2.05. The normalized spacial score (nSPS) is 12.2. The summed E-state index contributed by atoms with van der Waals surface area (Å²) in [6.07, 6.45) is 4.92.